The Morgan fingerprint density at radius 2 is 2.04 bits per heavy atom. The minimum Gasteiger partial charge on any atom is -0.352 e. The Labute approximate surface area is 161 Å². The Bertz CT molecular complexity index is 748. The smallest absolute Gasteiger partial charge is 0.170 e. The first kappa shape index (κ1) is 17.5. The fraction of sp³-hybridized carbons (Fsp3) is 0.524. The fourth-order valence-electron chi connectivity index (χ4n) is 4.39. The summed E-state index contributed by atoms with van der Waals surface area (Å²) in [5.41, 5.74) is 2.39. The molecular weight excluding hydrogens is 340 g/mol. The van der Waals surface area contributed by atoms with Crippen LogP contribution in [-0.2, 0) is 0 Å². The van der Waals surface area contributed by atoms with Gasteiger partial charge in [0, 0.05) is 31.2 Å². The van der Waals surface area contributed by atoms with E-state index in [-0.39, 0.29) is 12.1 Å². The Balaban J connectivity index is 1.68. The van der Waals surface area contributed by atoms with Crippen molar-refractivity contribution in [3.05, 3.63) is 54.1 Å². The molecule has 0 radical (unpaired) electrons. The number of aromatic nitrogens is 2. The summed E-state index contributed by atoms with van der Waals surface area (Å²) in [4.78, 5) is 6.97. The summed E-state index contributed by atoms with van der Waals surface area (Å²) in [6.45, 7) is 5.45. The summed E-state index contributed by atoms with van der Waals surface area (Å²) in [5, 5.41) is 4.38. The predicted molar refractivity (Wildman–Crippen MR) is 109 cm³/mol. The highest BCUT2D eigenvalue weighted by Gasteiger charge is 2.40. The highest BCUT2D eigenvalue weighted by molar-refractivity contribution is 7.80. The normalized spacial score (nSPS) is 23.8. The molecule has 2 aromatic rings. The minimum atomic E-state index is 0.0990. The molecule has 1 aliphatic heterocycles. The van der Waals surface area contributed by atoms with Crippen LogP contribution in [0, 0.1) is 5.92 Å². The second-order valence-corrected chi connectivity index (χ2v) is 8.39. The van der Waals surface area contributed by atoms with Crippen LogP contribution in [0.25, 0.3) is 0 Å². The van der Waals surface area contributed by atoms with E-state index in [9.17, 15) is 0 Å². The Hall–Kier alpha value is -1.88. The van der Waals surface area contributed by atoms with Gasteiger partial charge in [-0.1, -0.05) is 32.8 Å². The first-order valence-electron chi connectivity index (χ1n) is 9.79. The van der Waals surface area contributed by atoms with Crippen molar-refractivity contribution in [3.63, 3.8) is 0 Å². The average molecular weight is 369 g/mol. The second kappa shape index (κ2) is 7.39. The molecular formula is C21H28N4S. The van der Waals surface area contributed by atoms with Gasteiger partial charge >= 0.3 is 0 Å². The first-order chi connectivity index (χ1) is 12.6. The average Bonchev–Trinajstić information content (AvgIpc) is 3.36. The van der Waals surface area contributed by atoms with Gasteiger partial charge in [-0.15, -0.1) is 0 Å². The second-order valence-electron chi connectivity index (χ2n) is 8.00. The molecule has 2 aromatic heterocycles. The van der Waals surface area contributed by atoms with Gasteiger partial charge in [0.25, 0.3) is 0 Å². The zero-order valence-corrected chi connectivity index (χ0v) is 16.5. The van der Waals surface area contributed by atoms with E-state index in [1.807, 2.05) is 12.3 Å². The van der Waals surface area contributed by atoms with Crippen molar-refractivity contribution in [1.82, 2.24) is 19.8 Å². The van der Waals surface area contributed by atoms with Crippen LogP contribution in [0.1, 0.15) is 68.9 Å². The number of hydrogen-bond acceptors (Lipinski definition) is 2. The highest BCUT2D eigenvalue weighted by Crippen LogP contribution is 2.40. The Kier molecular flexibility index (Phi) is 4.98. The summed E-state index contributed by atoms with van der Waals surface area (Å²) >= 11 is 5.71. The van der Waals surface area contributed by atoms with E-state index < -0.39 is 0 Å². The zero-order valence-electron chi connectivity index (χ0n) is 15.6. The van der Waals surface area contributed by atoms with Crippen LogP contribution in [0.2, 0.25) is 0 Å². The van der Waals surface area contributed by atoms with Crippen molar-refractivity contribution < 1.29 is 0 Å². The lowest BCUT2D eigenvalue weighted by Crippen LogP contribution is -2.32. The van der Waals surface area contributed by atoms with Gasteiger partial charge in [-0.3, -0.25) is 4.98 Å². The standard InChI is InChI=1S/C21H28N4S/c1-15(2)13-25-20(16-10-12-24(14-16)17-7-3-4-8-17)19(23-21(25)26)18-9-5-6-11-22-18/h5-6,9-12,14-15,17,19-20H,3-4,7-8,13H2,1-2H3,(H,23,26)/t19-,20-/m0/s1. The van der Waals surface area contributed by atoms with Gasteiger partial charge in [0.1, 0.15) is 0 Å². The van der Waals surface area contributed by atoms with E-state index in [4.69, 9.17) is 12.2 Å². The van der Waals surface area contributed by atoms with Gasteiger partial charge < -0.3 is 14.8 Å². The summed E-state index contributed by atoms with van der Waals surface area (Å²) in [7, 11) is 0. The molecule has 1 saturated heterocycles. The number of pyridine rings is 1. The van der Waals surface area contributed by atoms with E-state index in [2.05, 4.69) is 64.2 Å². The number of nitrogens with one attached hydrogen (secondary N) is 1. The minimum absolute atomic E-state index is 0.0990. The number of hydrogen-bond donors (Lipinski definition) is 1. The fourth-order valence-corrected chi connectivity index (χ4v) is 4.71. The lowest BCUT2D eigenvalue weighted by Gasteiger charge is -2.28. The molecule has 3 heterocycles. The van der Waals surface area contributed by atoms with Crippen LogP contribution in [0.15, 0.2) is 42.9 Å². The SMILES string of the molecule is CC(C)CN1C(=S)N[C@@H](c2ccccn2)[C@@H]1c1ccn(C2CCCC2)c1. The Morgan fingerprint density at radius 3 is 2.73 bits per heavy atom. The molecule has 2 aliphatic rings. The maximum Gasteiger partial charge on any atom is 0.170 e. The molecule has 0 amide bonds. The molecule has 1 aliphatic carbocycles. The zero-order chi connectivity index (χ0) is 18.1. The van der Waals surface area contributed by atoms with Gasteiger partial charge in [-0.25, -0.2) is 0 Å². The third-order valence-electron chi connectivity index (χ3n) is 5.58. The van der Waals surface area contributed by atoms with Crippen molar-refractivity contribution in [1.29, 1.82) is 0 Å². The number of nitrogens with zero attached hydrogens (tertiary/aromatic N) is 3. The van der Waals surface area contributed by atoms with Crippen LogP contribution >= 0.6 is 12.2 Å². The topological polar surface area (TPSA) is 33.1 Å². The molecule has 138 valence electrons. The third kappa shape index (κ3) is 3.37. The maximum absolute atomic E-state index is 5.71. The van der Waals surface area contributed by atoms with E-state index >= 15 is 0 Å². The van der Waals surface area contributed by atoms with E-state index in [1.165, 1.54) is 31.2 Å². The molecule has 4 rings (SSSR count). The number of rotatable bonds is 5. The predicted octanol–water partition coefficient (Wildman–Crippen LogP) is 4.63. The van der Waals surface area contributed by atoms with Crippen molar-refractivity contribution >= 4 is 17.3 Å². The molecule has 0 spiro atoms. The largest absolute Gasteiger partial charge is 0.352 e. The Morgan fingerprint density at radius 1 is 1.23 bits per heavy atom. The quantitative estimate of drug-likeness (QED) is 0.780. The van der Waals surface area contributed by atoms with Crippen molar-refractivity contribution in [2.75, 3.05) is 6.54 Å². The van der Waals surface area contributed by atoms with Gasteiger partial charge in [0.15, 0.2) is 5.11 Å². The molecule has 0 aromatic carbocycles. The van der Waals surface area contributed by atoms with Crippen LogP contribution in [-0.4, -0.2) is 26.1 Å². The lowest BCUT2D eigenvalue weighted by molar-refractivity contribution is 0.287. The van der Waals surface area contributed by atoms with Crippen molar-refractivity contribution in [2.24, 2.45) is 5.92 Å². The maximum atomic E-state index is 5.71. The molecule has 5 heteroatoms. The highest BCUT2D eigenvalue weighted by atomic mass is 32.1. The molecule has 0 unspecified atom stereocenters. The third-order valence-corrected chi connectivity index (χ3v) is 5.94. The van der Waals surface area contributed by atoms with Gasteiger partial charge in [-0.05, 0) is 54.7 Å². The van der Waals surface area contributed by atoms with Crippen molar-refractivity contribution in [3.8, 4) is 0 Å². The van der Waals surface area contributed by atoms with Gasteiger partial charge in [0.05, 0.1) is 17.8 Å². The summed E-state index contributed by atoms with van der Waals surface area (Å²) < 4.78 is 2.42. The molecule has 1 saturated carbocycles. The molecule has 0 bridgehead atoms. The number of thiocarbonyl (C=S) groups is 1. The van der Waals surface area contributed by atoms with Gasteiger partial charge in [0.2, 0.25) is 0 Å². The van der Waals surface area contributed by atoms with Crippen molar-refractivity contribution in [2.45, 2.75) is 57.7 Å². The van der Waals surface area contributed by atoms with E-state index in [1.54, 1.807) is 0 Å². The van der Waals surface area contributed by atoms with Crippen LogP contribution in [0.5, 0.6) is 0 Å². The molecule has 2 atom stereocenters. The van der Waals surface area contributed by atoms with Gasteiger partial charge in [-0.2, -0.15) is 0 Å². The van der Waals surface area contributed by atoms with E-state index in [0.717, 1.165) is 17.4 Å². The van der Waals surface area contributed by atoms with Crippen LogP contribution in [0.4, 0.5) is 0 Å². The van der Waals surface area contributed by atoms with Crippen LogP contribution < -0.4 is 5.32 Å². The summed E-state index contributed by atoms with van der Waals surface area (Å²) in [5.74, 6) is 0.552. The summed E-state index contributed by atoms with van der Waals surface area (Å²) in [6, 6.07) is 9.36. The molecule has 4 nitrogen and oxygen atoms in total. The van der Waals surface area contributed by atoms with Crippen LogP contribution in [0.3, 0.4) is 0 Å². The van der Waals surface area contributed by atoms with E-state index in [0.29, 0.717) is 12.0 Å². The first-order valence-corrected chi connectivity index (χ1v) is 10.2. The molecule has 2 fully saturated rings. The lowest BCUT2D eigenvalue weighted by atomic mass is 9.98. The summed E-state index contributed by atoms with van der Waals surface area (Å²) in [6.07, 6.45) is 11.8. The molecule has 1 N–H and O–H groups in total. The monoisotopic (exact) mass is 368 g/mol. The molecule has 26 heavy (non-hydrogen) atoms.